The highest BCUT2D eigenvalue weighted by atomic mass is 32.2. The van der Waals surface area contributed by atoms with E-state index in [0.29, 0.717) is 24.0 Å². The molecule has 3 rings (SSSR count). The molecule has 1 amide bonds. The summed E-state index contributed by atoms with van der Waals surface area (Å²) in [4.78, 5) is 13.1. The highest BCUT2D eigenvalue weighted by molar-refractivity contribution is 8.01. The van der Waals surface area contributed by atoms with Gasteiger partial charge in [0.05, 0.1) is 24.6 Å². The maximum Gasteiger partial charge on any atom is 0.230 e. The van der Waals surface area contributed by atoms with Crippen LogP contribution in [-0.2, 0) is 11.3 Å². The van der Waals surface area contributed by atoms with E-state index in [9.17, 15) is 4.79 Å². The molecule has 0 fully saturated rings. The van der Waals surface area contributed by atoms with Gasteiger partial charge < -0.3 is 15.4 Å². The predicted molar refractivity (Wildman–Crippen MR) is 108 cm³/mol. The number of amides is 1. The summed E-state index contributed by atoms with van der Waals surface area (Å²) in [5.74, 6) is 1.07. The molecule has 0 aliphatic rings. The second kappa shape index (κ2) is 9.56. The molecular formula is C17H18N4O2S3. The van der Waals surface area contributed by atoms with Gasteiger partial charge in [0.15, 0.2) is 4.34 Å². The number of thioether (sulfide) groups is 1. The average Bonchev–Trinajstić information content (AvgIpc) is 3.32. The number of rotatable bonds is 9. The number of hydrogen-bond donors (Lipinski definition) is 2. The Balaban J connectivity index is 1.49. The van der Waals surface area contributed by atoms with Crippen molar-refractivity contribution in [2.45, 2.75) is 17.8 Å². The maximum absolute atomic E-state index is 11.9. The molecule has 0 atom stereocenters. The lowest BCUT2D eigenvalue weighted by Gasteiger charge is -2.09. The lowest BCUT2D eigenvalue weighted by molar-refractivity contribution is -0.118. The highest BCUT2D eigenvalue weighted by Crippen LogP contribution is 2.31. The van der Waals surface area contributed by atoms with Gasteiger partial charge in [0.1, 0.15) is 5.75 Å². The third-order valence-corrected chi connectivity index (χ3v) is 6.05. The van der Waals surface area contributed by atoms with Gasteiger partial charge >= 0.3 is 0 Å². The van der Waals surface area contributed by atoms with E-state index in [1.807, 2.05) is 48.7 Å². The fourth-order valence-electron chi connectivity index (χ4n) is 2.06. The Morgan fingerprint density at radius 3 is 2.92 bits per heavy atom. The molecule has 0 saturated heterocycles. The van der Waals surface area contributed by atoms with E-state index in [1.165, 1.54) is 23.1 Å². The number of ether oxygens (including phenoxy) is 1. The normalized spacial score (nSPS) is 10.5. The van der Waals surface area contributed by atoms with Gasteiger partial charge in [-0.2, -0.15) is 0 Å². The molecule has 3 aromatic rings. The first kappa shape index (κ1) is 18.7. The minimum Gasteiger partial charge on any atom is -0.492 e. The zero-order valence-corrected chi connectivity index (χ0v) is 16.5. The van der Waals surface area contributed by atoms with E-state index in [-0.39, 0.29) is 5.91 Å². The molecule has 1 aromatic carbocycles. The van der Waals surface area contributed by atoms with Crippen LogP contribution >= 0.6 is 34.4 Å². The first-order valence-corrected chi connectivity index (χ1v) is 10.7. The quantitative estimate of drug-likeness (QED) is 0.520. The van der Waals surface area contributed by atoms with E-state index in [0.717, 1.165) is 20.7 Å². The molecule has 0 bridgehead atoms. The highest BCUT2D eigenvalue weighted by Gasteiger charge is 2.10. The van der Waals surface area contributed by atoms with Crippen LogP contribution in [0, 0.1) is 0 Å². The van der Waals surface area contributed by atoms with Crippen molar-refractivity contribution in [3.63, 3.8) is 0 Å². The Morgan fingerprint density at radius 2 is 2.12 bits per heavy atom. The molecule has 0 radical (unpaired) electrons. The number of thiophene rings is 1. The molecule has 2 heterocycles. The van der Waals surface area contributed by atoms with Crippen LogP contribution in [-0.4, -0.2) is 28.5 Å². The number of carbonyl (C=O) groups is 1. The molecule has 0 spiro atoms. The van der Waals surface area contributed by atoms with Gasteiger partial charge in [-0.1, -0.05) is 41.3 Å². The Bertz CT molecular complexity index is 836. The number of aromatic nitrogens is 2. The standard InChI is InChI=1S/C17H18N4O2S3/c1-2-23-14-8-4-3-7-13(14)19-16-20-21-17(26-16)25-11-15(22)18-10-12-6-5-9-24-12/h3-9H,2,10-11H2,1H3,(H,18,22)(H,19,20). The molecule has 2 aromatic heterocycles. The van der Waals surface area contributed by atoms with Crippen molar-refractivity contribution in [2.75, 3.05) is 17.7 Å². The van der Waals surface area contributed by atoms with Crippen LogP contribution in [0.2, 0.25) is 0 Å². The summed E-state index contributed by atoms with van der Waals surface area (Å²) in [5, 5.41) is 17.0. The fraction of sp³-hybridized carbons (Fsp3) is 0.235. The van der Waals surface area contributed by atoms with Crippen molar-refractivity contribution in [1.82, 2.24) is 15.5 Å². The van der Waals surface area contributed by atoms with Crippen molar-refractivity contribution in [3.8, 4) is 5.75 Å². The molecule has 0 saturated carbocycles. The van der Waals surface area contributed by atoms with Crippen molar-refractivity contribution in [3.05, 3.63) is 46.7 Å². The average molecular weight is 407 g/mol. The molecule has 2 N–H and O–H groups in total. The van der Waals surface area contributed by atoms with E-state index >= 15 is 0 Å². The molecule has 6 nitrogen and oxygen atoms in total. The Kier molecular flexibility index (Phi) is 6.87. The second-order valence-corrected chi connectivity index (χ2v) is 8.30. The zero-order chi connectivity index (χ0) is 18.2. The summed E-state index contributed by atoms with van der Waals surface area (Å²) >= 11 is 4.41. The Hall–Kier alpha value is -2.10. The van der Waals surface area contributed by atoms with Crippen molar-refractivity contribution in [1.29, 1.82) is 0 Å². The van der Waals surface area contributed by atoms with E-state index in [1.54, 1.807) is 11.3 Å². The summed E-state index contributed by atoms with van der Waals surface area (Å²) in [6, 6.07) is 11.7. The fourth-order valence-corrected chi connectivity index (χ4v) is 4.30. The summed E-state index contributed by atoms with van der Waals surface area (Å²) in [6.07, 6.45) is 0. The minimum absolute atomic E-state index is 0.0187. The van der Waals surface area contributed by atoms with Crippen LogP contribution in [0.1, 0.15) is 11.8 Å². The topological polar surface area (TPSA) is 76.1 Å². The zero-order valence-electron chi connectivity index (χ0n) is 14.1. The van der Waals surface area contributed by atoms with Gasteiger partial charge in [0.25, 0.3) is 0 Å². The second-order valence-electron chi connectivity index (χ2n) is 5.07. The Morgan fingerprint density at radius 1 is 1.23 bits per heavy atom. The summed E-state index contributed by atoms with van der Waals surface area (Å²) in [5.41, 5.74) is 0.843. The first-order valence-electron chi connectivity index (χ1n) is 7.99. The van der Waals surface area contributed by atoms with Gasteiger partial charge in [-0.25, -0.2) is 0 Å². The Labute approximate surface area is 164 Å². The lowest BCUT2D eigenvalue weighted by Crippen LogP contribution is -2.24. The largest absolute Gasteiger partial charge is 0.492 e. The van der Waals surface area contributed by atoms with Crippen molar-refractivity contribution in [2.24, 2.45) is 0 Å². The van der Waals surface area contributed by atoms with Crippen LogP contribution in [0.25, 0.3) is 0 Å². The number of para-hydroxylation sites is 2. The molecule has 0 aliphatic heterocycles. The molecule has 136 valence electrons. The van der Waals surface area contributed by atoms with Crippen LogP contribution in [0.5, 0.6) is 5.75 Å². The maximum atomic E-state index is 11.9. The number of carbonyl (C=O) groups excluding carboxylic acids is 1. The van der Waals surface area contributed by atoms with Gasteiger partial charge in [-0.3, -0.25) is 4.79 Å². The molecule has 0 unspecified atom stereocenters. The van der Waals surface area contributed by atoms with Gasteiger partial charge in [-0.15, -0.1) is 21.5 Å². The van der Waals surface area contributed by atoms with Crippen LogP contribution in [0.3, 0.4) is 0 Å². The van der Waals surface area contributed by atoms with Gasteiger partial charge in [0, 0.05) is 4.88 Å². The van der Waals surface area contributed by atoms with Gasteiger partial charge in [-0.05, 0) is 30.5 Å². The number of hydrogen-bond acceptors (Lipinski definition) is 8. The molecular weight excluding hydrogens is 388 g/mol. The third kappa shape index (κ3) is 5.45. The molecule has 26 heavy (non-hydrogen) atoms. The summed E-state index contributed by atoms with van der Waals surface area (Å²) in [6.45, 7) is 3.10. The number of nitrogens with one attached hydrogen (secondary N) is 2. The van der Waals surface area contributed by atoms with Crippen LogP contribution in [0.4, 0.5) is 10.8 Å². The SMILES string of the molecule is CCOc1ccccc1Nc1nnc(SCC(=O)NCc2cccs2)s1. The predicted octanol–water partition coefficient (Wildman–Crippen LogP) is 4.15. The summed E-state index contributed by atoms with van der Waals surface area (Å²) < 4.78 is 6.33. The molecule has 9 heteroatoms. The minimum atomic E-state index is -0.0187. The third-order valence-electron chi connectivity index (χ3n) is 3.20. The monoisotopic (exact) mass is 406 g/mol. The van der Waals surface area contributed by atoms with E-state index in [4.69, 9.17) is 4.74 Å². The van der Waals surface area contributed by atoms with Crippen molar-refractivity contribution >= 4 is 51.2 Å². The summed E-state index contributed by atoms with van der Waals surface area (Å²) in [7, 11) is 0. The van der Waals surface area contributed by atoms with Crippen LogP contribution < -0.4 is 15.4 Å². The first-order chi connectivity index (χ1) is 12.7. The van der Waals surface area contributed by atoms with E-state index < -0.39 is 0 Å². The number of nitrogens with zero attached hydrogens (tertiary/aromatic N) is 2. The lowest BCUT2D eigenvalue weighted by atomic mass is 10.3. The smallest absolute Gasteiger partial charge is 0.230 e. The van der Waals surface area contributed by atoms with E-state index in [2.05, 4.69) is 20.8 Å². The van der Waals surface area contributed by atoms with Crippen LogP contribution in [0.15, 0.2) is 46.1 Å². The number of benzene rings is 1. The van der Waals surface area contributed by atoms with Gasteiger partial charge in [0.2, 0.25) is 11.0 Å². The molecule has 0 aliphatic carbocycles. The van der Waals surface area contributed by atoms with Crippen molar-refractivity contribution < 1.29 is 9.53 Å². The number of anilines is 2.